The molecule has 0 aliphatic rings. The molecule has 0 fully saturated rings. The second kappa shape index (κ2) is 5.36. The molecule has 2 rings (SSSR count). The molecule has 0 radical (unpaired) electrons. The molecule has 3 nitrogen and oxygen atoms in total. The average Bonchev–Trinajstić information content (AvgIpc) is 2.28. The Hall–Kier alpha value is -1.61. The number of anilines is 1. The minimum Gasteiger partial charge on any atom is -0.385 e. The van der Waals surface area contributed by atoms with Crippen LogP contribution in [0.15, 0.2) is 18.2 Å². The number of aromatic nitrogens is 1. The van der Waals surface area contributed by atoms with Crippen molar-refractivity contribution in [2.75, 3.05) is 19.0 Å². The van der Waals surface area contributed by atoms with Crippen LogP contribution in [0.2, 0.25) is 0 Å². The van der Waals surface area contributed by atoms with Gasteiger partial charge >= 0.3 is 0 Å². The number of pyridine rings is 1. The SMILES string of the molecule is CCNc1cc(COC)nc2cc(C)cc(C)c12. The fraction of sp³-hybridized carbons (Fsp3) is 0.400. The lowest BCUT2D eigenvalue weighted by molar-refractivity contribution is 0.182. The molecule has 0 bridgehead atoms. The fourth-order valence-electron chi connectivity index (χ4n) is 2.36. The summed E-state index contributed by atoms with van der Waals surface area (Å²) in [5.74, 6) is 0. The highest BCUT2D eigenvalue weighted by molar-refractivity contribution is 5.94. The molecule has 1 aromatic carbocycles. The standard InChI is InChI=1S/C15H20N2O/c1-5-16-13-8-12(9-18-4)17-14-7-10(2)6-11(3)15(13)14/h6-8H,5,9H2,1-4H3,(H,16,17). The normalized spacial score (nSPS) is 10.9. The van der Waals surface area contributed by atoms with Crippen LogP contribution in [-0.4, -0.2) is 18.6 Å². The Bertz CT molecular complexity index is 564. The second-order valence-electron chi connectivity index (χ2n) is 4.60. The van der Waals surface area contributed by atoms with Crippen molar-refractivity contribution in [3.8, 4) is 0 Å². The molecule has 0 aliphatic carbocycles. The summed E-state index contributed by atoms with van der Waals surface area (Å²) in [4.78, 5) is 4.66. The summed E-state index contributed by atoms with van der Waals surface area (Å²) in [6.07, 6.45) is 0. The van der Waals surface area contributed by atoms with Gasteiger partial charge in [-0.15, -0.1) is 0 Å². The summed E-state index contributed by atoms with van der Waals surface area (Å²) in [5.41, 5.74) is 5.65. The summed E-state index contributed by atoms with van der Waals surface area (Å²) in [6, 6.07) is 6.40. The summed E-state index contributed by atoms with van der Waals surface area (Å²) in [6.45, 7) is 7.78. The Kier molecular flexibility index (Phi) is 3.82. The zero-order valence-electron chi connectivity index (χ0n) is 11.5. The number of rotatable bonds is 4. The Morgan fingerprint density at radius 1 is 1.22 bits per heavy atom. The summed E-state index contributed by atoms with van der Waals surface area (Å²) < 4.78 is 5.18. The van der Waals surface area contributed by atoms with Crippen LogP contribution < -0.4 is 5.32 Å². The minimum atomic E-state index is 0.543. The summed E-state index contributed by atoms with van der Waals surface area (Å²) >= 11 is 0. The van der Waals surface area contributed by atoms with Crippen molar-refractivity contribution in [2.45, 2.75) is 27.4 Å². The predicted molar refractivity (Wildman–Crippen MR) is 76.1 cm³/mol. The highest BCUT2D eigenvalue weighted by Crippen LogP contribution is 2.28. The fourth-order valence-corrected chi connectivity index (χ4v) is 2.36. The Balaban J connectivity index is 2.68. The number of hydrogen-bond donors (Lipinski definition) is 1. The van der Waals surface area contributed by atoms with Gasteiger partial charge in [0.1, 0.15) is 0 Å². The van der Waals surface area contributed by atoms with Crippen LogP contribution in [0.1, 0.15) is 23.7 Å². The van der Waals surface area contributed by atoms with E-state index < -0.39 is 0 Å². The van der Waals surface area contributed by atoms with Gasteiger partial charge in [-0.05, 0) is 44.0 Å². The molecular formula is C15H20N2O. The van der Waals surface area contributed by atoms with E-state index in [-0.39, 0.29) is 0 Å². The lowest BCUT2D eigenvalue weighted by atomic mass is 10.0. The zero-order chi connectivity index (χ0) is 13.1. The first kappa shape index (κ1) is 12.8. The van der Waals surface area contributed by atoms with Crippen molar-refractivity contribution in [3.05, 3.63) is 35.0 Å². The van der Waals surface area contributed by atoms with Crippen molar-refractivity contribution < 1.29 is 4.74 Å². The average molecular weight is 244 g/mol. The van der Waals surface area contributed by atoms with Crippen LogP contribution in [0.25, 0.3) is 10.9 Å². The Labute approximate surface area is 108 Å². The van der Waals surface area contributed by atoms with Gasteiger partial charge in [-0.1, -0.05) is 6.07 Å². The predicted octanol–water partition coefficient (Wildman–Crippen LogP) is 3.43. The maximum absolute atomic E-state index is 5.18. The summed E-state index contributed by atoms with van der Waals surface area (Å²) in [5, 5.41) is 4.62. The molecule has 96 valence electrons. The molecule has 1 heterocycles. The maximum atomic E-state index is 5.18. The number of fused-ring (bicyclic) bond motifs is 1. The molecule has 0 atom stereocenters. The molecule has 1 N–H and O–H groups in total. The van der Waals surface area contributed by atoms with Gasteiger partial charge in [0.25, 0.3) is 0 Å². The highest BCUT2D eigenvalue weighted by Gasteiger charge is 2.08. The molecular weight excluding hydrogens is 224 g/mol. The van der Waals surface area contributed by atoms with Crippen molar-refractivity contribution in [3.63, 3.8) is 0 Å². The topological polar surface area (TPSA) is 34.1 Å². The van der Waals surface area contributed by atoms with E-state index in [0.717, 1.165) is 23.4 Å². The van der Waals surface area contributed by atoms with Crippen molar-refractivity contribution in [1.29, 1.82) is 0 Å². The minimum absolute atomic E-state index is 0.543. The largest absolute Gasteiger partial charge is 0.385 e. The third-order valence-electron chi connectivity index (χ3n) is 2.96. The van der Waals surface area contributed by atoms with Gasteiger partial charge in [0, 0.05) is 24.7 Å². The number of methoxy groups -OCH3 is 1. The lowest BCUT2D eigenvalue weighted by Gasteiger charge is -2.13. The molecule has 0 spiro atoms. The molecule has 3 heteroatoms. The van der Waals surface area contributed by atoms with Crippen LogP contribution >= 0.6 is 0 Å². The van der Waals surface area contributed by atoms with Crippen molar-refractivity contribution in [1.82, 2.24) is 4.98 Å². The third kappa shape index (κ3) is 2.46. The van der Waals surface area contributed by atoms with Crippen LogP contribution in [0, 0.1) is 13.8 Å². The first-order valence-electron chi connectivity index (χ1n) is 6.29. The number of hydrogen-bond acceptors (Lipinski definition) is 3. The van der Waals surface area contributed by atoms with Crippen molar-refractivity contribution >= 4 is 16.6 Å². The van der Waals surface area contributed by atoms with E-state index >= 15 is 0 Å². The van der Waals surface area contributed by atoms with Gasteiger partial charge in [-0.25, -0.2) is 0 Å². The number of nitrogens with zero attached hydrogens (tertiary/aromatic N) is 1. The van der Waals surface area contributed by atoms with Crippen molar-refractivity contribution in [2.24, 2.45) is 0 Å². The quantitative estimate of drug-likeness (QED) is 0.894. The van der Waals surface area contributed by atoms with Crippen LogP contribution in [0.3, 0.4) is 0 Å². The van der Waals surface area contributed by atoms with Crippen LogP contribution in [0.4, 0.5) is 5.69 Å². The monoisotopic (exact) mass is 244 g/mol. The van der Waals surface area contributed by atoms with E-state index in [9.17, 15) is 0 Å². The molecule has 18 heavy (non-hydrogen) atoms. The van der Waals surface area contributed by atoms with E-state index in [2.05, 4.69) is 49.3 Å². The van der Waals surface area contributed by atoms with E-state index in [1.807, 2.05) is 0 Å². The first-order chi connectivity index (χ1) is 8.65. The molecule has 1 aromatic heterocycles. The van der Waals surface area contributed by atoms with Gasteiger partial charge in [0.2, 0.25) is 0 Å². The smallest absolute Gasteiger partial charge is 0.0885 e. The molecule has 0 aliphatic heterocycles. The molecule has 0 amide bonds. The molecule has 2 aromatic rings. The van der Waals surface area contributed by atoms with Gasteiger partial charge in [-0.2, -0.15) is 0 Å². The number of nitrogens with one attached hydrogen (secondary N) is 1. The first-order valence-corrected chi connectivity index (χ1v) is 6.29. The molecule has 0 saturated heterocycles. The number of ether oxygens (including phenoxy) is 1. The second-order valence-corrected chi connectivity index (χ2v) is 4.60. The van der Waals surface area contributed by atoms with Crippen LogP contribution in [0.5, 0.6) is 0 Å². The van der Waals surface area contributed by atoms with Gasteiger partial charge in [0.15, 0.2) is 0 Å². The zero-order valence-corrected chi connectivity index (χ0v) is 11.5. The maximum Gasteiger partial charge on any atom is 0.0885 e. The van der Waals surface area contributed by atoms with E-state index in [4.69, 9.17) is 4.74 Å². The number of aryl methyl sites for hydroxylation is 2. The summed E-state index contributed by atoms with van der Waals surface area (Å²) in [7, 11) is 1.69. The Morgan fingerprint density at radius 2 is 2.00 bits per heavy atom. The third-order valence-corrected chi connectivity index (χ3v) is 2.96. The lowest BCUT2D eigenvalue weighted by Crippen LogP contribution is -2.02. The highest BCUT2D eigenvalue weighted by atomic mass is 16.5. The van der Waals surface area contributed by atoms with E-state index in [0.29, 0.717) is 6.61 Å². The van der Waals surface area contributed by atoms with E-state index in [1.54, 1.807) is 7.11 Å². The molecule has 0 unspecified atom stereocenters. The Morgan fingerprint density at radius 3 is 2.67 bits per heavy atom. The van der Waals surface area contributed by atoms with Gasteiger partial charge < -0.3 is 10.1 Å². The van der Waals surface area contributed by atoms with Gasteiger partial charge in [-0.3, -0.25) is 4.98 Å². The van der Waals surface area contributed by atoms with E-state index in [1.165, 1.54) is 16.5 Å². The number of benzene rings is 1. The molecule has 0 saturated carbocycles. The van der Waals surface area contributed by atoms with Crippen LogP contribution in [-0.2, 0) is 11.3 Å². The van der Waals surface area contributed by atoms with Gasteiger partial charge in [0.05, 0.1) is 17.8 Å².